The van der Waals surface area contributed by atoms with Crippen LogP contribution < -0.4 is 10.1 Å². The van der Waals surface area contributed by atoms with E-state index in [4.69, 9.17) is 4.74 Å². The quantitative estimate of drug-likeness (QED) is 0.896. The molecule has 2 aromatic rings. The minimum absolute atomic E-state index is 0.0332. The van der Waals surface area contributed by atoms with Crippen LogP contribution in [-0.2, 0) is 6.54 Å². The smallest absolute Gasteiger partial charge is 0.120 e. The van der Waals surface area contributed by atoms with Crippen LogP contribution in [0.1, 0.15) is 38.4 Å². The molecule has 0 aliphatic carbocycles. The number of hydrogen-bond acceptors (Lipinski definition) is 4. The second-order valence-corrected chi connectivity index (χ2v) is 7.58. The van der Waals surface area contributed by atoms with Gasteiger partial charge in [0.15, 0.2) is 0 Å². The number of likely N-dealkylation sites (tertiary alicyclic amines) is 1. The summed E-state index contributed by atoms with van der Waals surface area (Å²) in [5, 5.41) is 14.2. The van der Waals surface area contributed by atoms with Crippen molar-refractivity contribution in [2.75, 3.05) is 26.2 Å². The summed E-state index contributed by atoms with van der Waals surface area (Å²) in [6, 6.07) is 9.27. The van der Waals surface area contributed by atoms with Crippen molar-refractivity contribution in [3.8, 4) is 5.75 Å². The van der Waals surface area contributed by atoms with Gasteiger partial charge in [-0.15, -0.1) is 0 Å². The van der Waals surface area contributed by atoms with Crippen LogP contribution in [-0.4, -0.2) is 53.0 Å². The Morgan fingerprint density at radius 3 is 2.72 bits per heavy atom. The summed E-state index contributed by atoms with van der Waals surface area (Å²) in [6.45, 7) is 8.74. The highest BCUT2D eigenvalue weighted by Crippen LogP contribution is 2.30. The molecule has 2 aliphatic rings. The number of hydrogen-bond donors (Lipinski definition) is 2. The predicted molar refractivity (Wildman–Crippen MR) is 100 cm³/mol. The Hall–Kier alpha value is -1.56. The number of aromatic nitrogens is 1. The van der Waals surface area contributed by atoms with E-state index >= 15 is 0 Å². The Bertz CT molecular complexity index is 732. The lowest BCUT2D eigenvalue weighted by Crippen LogP contribution is -2.41. The van der Waals surface area contributed by atoms with Gasteiger partial charge in [0.1, 0.15) is 11.9 Å². The standard InChI is InChI=1S/C20H29N3O2/c1-14(2)22-8-5-16(6-9-22)25-17-3-4-19-15(11-17)12-20-18(13-24)21-7-10-23(19)20/h3-4,11-12,14,16,18,21,24H,5-10,13H2,1-2H3. The van der Waals surface area contributed by atoms with E-state index in [0.29, 0.717) is 12.1 Å². The summed E-state index contributed by atoms with van der Waals surface area (Å²) in [6.07, 6.45) is 2.51. The largest absolute Gasteiger partial charge is 0.490 e. The van der Waals surface area contributed by atoms with Gasteiger partial charge in [0.05, 0.1) is 12.6 Å². The number of fused-ring (bicyclic) bond motifs is 3. The maximum atomic E-state index is 9.59. The number of nitrogens with one attached hydrogen (secondary N) is 1. The maximum absolute atomic E-state index is 9.59. The van der Waals surface area contributed by atoms with Gasteiger partial charge >= 0.3 is 0 Å². The second kappa shape index (κ2) is 6.98. The van der Waals surface area contributed by atoms with Crippen LogP contribution in [0.25, 0.3) is 10.9 Å². The molecule has 1 saturated heterocycles. The van der Waals surface area contributed by atoms with Crippen LogP contribution in [0.3, 0.4) is 0 Å². The average Bonchev–Trinajstić information content (AvgIpc) is 3.00. The molecule has 1 atom stereocenters. The van der Waals surface area contributed by atoms with Gasteiger partial charge in [0, 0.05) is 48.8 Å². The van der Waals surface area contributed by atoms with Gasteiger partial charge in [-0.25, -0.2) is 0 Å². The van der Waals surface area contributed by atoms with E-state index in [-0.39, 0.29) is 12.6 Å². The van der Waals surface area contributed by atoms with Crippen molar-refractivity contribution in [2.24, 2.45) is 0 Å². The molecule has 5 nitrogen and oxygen atoms in total. The number of piperidine rings is 1. The molecule has 0 spiro atoms. The van der Waals surface area contributed by atoms with Crippen molar-refractivity contribution < 1.29 is 9.84 Å². The monoisotopic (exact) mass is 343 g/mol. The van der Waals surface area contributed by atoms with Crippen LogP contribution in [0.4, 0.5) is 0 Å². The summed E-state index contributed by atoms with van der Waals surface area (Å²) < 4.78 is 8.59. The topological polar surface area (TPSA) is 49.7 Å². The van der Waals surface area contributed by atoms with Crippen LogP contribution >= 0.6 is 0 Å². The Kier molecular flexibility index (Phi) is 4.71. The molecule has 0 amide bonds. The van der Waals surface area contributed by atoms with E-state index in [1.54, 1.807) is 0 Å². The van der Waals surface area contributed by atoms with Gasteiger partial charge in [-0.3, -0.25) is 0 Å². The van der Waals surface area contributed by atoms with Gasteiger partial charge in [-0.1, -0.05) is 0 Å². The molecule has 0 radical (unpaired) electrons. The van der Waals surface area contributed by atoms with E-state index < -0.39 is 0 Å². The maximum Gasteiger partial charge on any atom is 0.120 e. The van der Waals surface area contributed by atoms with Crippen LogP contribution in [0.2, 0.25) is 0 Å². The highest BCUT2D eigenvalue weighted by atomic mass is 16.5. The van der Waals surface area contributed by atoms with Crippen molar-refractivity contribution in [1.29, 1.82) is 0 Å². The summed E-state index contributed by atoms with van der Waals surface area (Å²) >= 11 is 0. The summed E-state index contributed by atoms with van der Waals surface area (Å²) in [7, 11) is 0. The average molecular weight is 343 g/mol. The van der Waals surface area contributed by atoms with Crippen molar-refractivity contribution in [3.05, 3.63) is 30.0 Å². The molecule has 136 valence electrons. The molecule has 5 heteroatoms. The Balaban J connectivity index is 1.50. The highest BCUT2D eigenvalue weighted by Gasteiger charge is 2.23. The zero-order valence-electron chi connectivity index (χ0n) is 15.2. The minimum atomic E-state index is 0.0332. The normalized spacial score (nSPS) is 22.5. The van der Waals surface area contributed by atoms with E-state index in [1.165, 1.54) is 16.6 Å². The second-order valence-electron chi connectivity index (χ2n) is 7.58. The first-order valence-corrected chi connectivity index (χ1v) is 9.54. The molecule has 25 heavy (non-hydrogen) atoms. The van der Waals surface area contributed by atoms with Gasteiger partial charge in [0.25, 0.3) is 0 Å². The summed E-state index contributed by atoms with van der Waals surface area (Å²) in [4.78, 5) is 2.52. The molecule has 1 aromatic carbocycles. The van der Waals surface area contributed by atoms with Gasteiger partial charge in [-0.2, -0.15) is 0 Å². The lowest BCUT2D eigenvalue weighted by molar-refractivity contribution is 0.0844. The molecule has 1 unspecified atom stereocenters. The molecule has 2 N–H and O–H groups in total. The first-order valence-electron chi connectivity index (χ1n) is 9.54. The van der Waals surface area contributed by atoms with Gasteiger partial charge < -0.3 is 24.6 Å². The molecular weight excluding hydrogens is 314 g/mol. The van der Waals surface area contributed by atoms with E-state index in [1.807, 2.05) is 0 Å². The van der Waals surface area contributed by atoms with Gasteiger partial charge in [-0.05, 0) is 51.0 Å². The number of rotatable bonds is 4. The van der Waals surface area contributed by atoms with Crippen LogP contribution in [0, 0.1) is 0 Å². The Morgan fingerprint density at radius 1 is 1.20 bits per heavy atom. The van der Waals surface area contributed by atoms with Crippen molar-refractivity contribution >= 4 is 10.9 Å². The predicted octanol–water partition coefficient (Wildman–Crippen LogP) is 2.53. The number of ether oxygens (including phenoxy) is 1. The molecule has 0 saturated carbocycles. The first-order chi connectivity index (χ1) is 12.2. The number of nitrogens with zero attached hydrogens (tertiary/aromatic N) is 2. The van der Waals surface area contributed by atoms with Crippen molar-refractivity contribution in [2.45, 2.75) is 51.4 Å². The summed E-state index contributed by atoms with van der Waals surface area (Å²) in [5.41, 5.74) is 2.41. The van der Waals surface area contributed by atoms with E-state index in [0.717, 1.165) is 44.8 Å². The van der Waals surface area contributed by atoms with Crippen LogP contribution in [0.5, 0.6) is 5.75 Å². The molecule has 1 aromatic heterocycles. The number of aliphatic hydroxyl groups excluding tert-OH is 1. The lowest BCUT2D eigenvalue weighted by Gasteiger charge is -2.34. The fourth-order valence-corrected chi connectivity index (χ4v) is 4.20. The molecular formula is C20H29N3O2. The molecule has 4 rings (SSSR count). The summed E-state index contributed by atoms with van der Waals surface area (Å²) in [5.74, 6) is 0.965. The SMILES string of the molecule is CC(C)N1CCC(Oc2ccc3c(c2)cc2n3CCNC2CO)CC1. The number of aliphatic hydroxyl groups is 1. The Morgan fingerprint density at radius 2 is 2.00 bits per heavy atom. The zero-order chi connectivity index (χ0) is 17.4. The number of benzene rings is 1. The molecule has 3 heterocycles. The minimum Gasteiger partial charge on any atom is -0.490 e. The van der Waals surface area contributed by atoms with Crippen LogP contribution in [0.15, 0.2) is 24.3 Å². The molecule has 2 aliphatic heterocycles. The van der Waals surface area contributed by atoms with Crippen molar-refractivity contribution in [3.63, 3.8) is 0 Å². The van der Waals surface area contributed by atoms with Crippen molar-refractivity contribution in [1.82, 2.24) is 14.8 Å². The van der Waals surface area contributed by atoms with E-state index in [2.05, 4.69) is 52.9 Å². The molecule has 1 fully saturated rings. The highest BCUT2D eigenvalue weighted by molar-refractivity contribution is 5.83. The third-order valence-corrected chi connectivity index (χ3v) is 5.68. The lowest BCUT2D eigenvalue weighted by atomic mass is 10.1. The fraction of sp³-hybridized carbons (Fsp3) is 0.600. The third kappa shape index (κ3) is 3.28. The third-order valence-electron chi connectivity index (χ3n) is 5.68. The van der Waals surface area contributed by atoms with E-state index in [9.17, 15) is 5.11 Å². The Labute approximate surface area is 149 Å². The fourth-order valence-electron chi connectivity index (χ4n) is 4.20. The first kappa shape index (κ1) is 16.9. The van der Waals surface area contributed by atoms with Gasteiger partial charge in [0.2, 0.25) is 0 Å². The zero-order valence-corrected chi connectivity index (χ0v) is 15.2. The molecule has 0 bridgehead atoms.